The van der Waals surface area contributed by atoms with Crippen LogP contribution in [0.3, 0.4) is 0 Å². The van der Waals surface area contributed by atoms with Gasteiger partial charge in [0.25, 0.3) is 0 Å². The molecule has 1 N–H and O–H groups in total. The lowest BCUT2D eigenvalue weighted by Crippen LogP contribution is -2.25. The normalized spacial score (nSPS) is 12.2. The van der Waals surface area contributed by atoms with E-state index < -0.39 is 0 Å². The molecule has 2 aromatic carbocycles. The van der Waals surface area contributed by atoms with Crippen molar-refractivity contribution in [3.63, 3.8) is 0 Å². The van der Waals surface area contributed by atoms with Crippen LogP contribution in [-0.2, 0) is 4.79 Å². The van der Waals surface area contributed by atoms with Crippen molar-refractivity contribution in [3.05, 3.63) is 65.7 Å². The lowest BCUT2D eigenvalue weighted by molar-refractivity contribution is -0.118. The summed E-state index contributed by atoms with van der Waals surface area (Å²) in [6.45, 7) is 6.19. The molecule has 0 aliphatic heterocycles. The number of nitrogens with one attached hydrogen (secondary N) is 1. The number of anilines is 1. The maximum atomic E-state index is 12.5. The second kappa shape index (κ2) is 6.38. The van der Waals surface area contributed by atoms with E-state index in [-0.39, 0.29) is 17.7 Å². The van der Waals surface area contributed by atoms with Crippen molar-refractivity contribution in [2.75, 3.05) is 5.32 Å². The molecule has 0 radical (unpaired) electrons. The van der Waals surface area contributed by atoms with Gasteiger partial charge in [0.15, 0.2) is 0 Å². The molecule has 0 aliphatic rings. The first-order valence-electron chi connectivity index (χ1n) is 7.00. The van der Waals surface area contributed by atoms with E-state index in [0.717, 1.165) is 11.3 Å². The molecule has 0 aliphatic carbocycles. The second-order valence-electron chi connectivity index (χ2n) is 5.49. The minimum atomic E-state index is -0.127. The van der Waals surface area contributed by atoms with Crippen molar-refractivity contribution in [2.45, 2.75) is 26.7 Å². The highest BCUT2D eigenvalue weighted by Crippen LogP contribution is 2.26. The van der Waals surface area contributed by atoms with Crippen molar-refractivity contribution < 1.29 is 4.79 Å². The number of rotatable bonds is 4. The number of benzene rings is 2. The highest BCUT2D eigenvalue weighted by atomic mass is 16.1. The molecule has 2 rings (SSSR count). The Hall–Kier alpha value is -2.09. The van der Waals surface area contributed by atoms with Crippen LogP contribution >= 0.6 is 0 Å². The minimum Gasteiger partial charge on any atom is -0.326 e. The average Bonchev–Trinajstić information content (AvgIpc) is 2.42. The van der Waals surface area contributed by atoms with E-state index in [9.17, 15) is 4.79 Å². The molecule has 0 saturated heterocycles. The SMILES string of the molecule is Cc1ccc(NC(=O)[C@@H](c2ccccc2)C(C)C)cc1. The number of carbonyl (C=O) groups is 1. The fourth-order valence-electron chi connectivity index (χ4n) is 2.36. The Labute approximate surface area is 120 Å². The van der Waals surface area contributed by atoms with Gasteiger partial charge in [-0.2, -0.15) is 0 Å². The van der Waals surface area contributed by atoms with Crippen LogP contribution in [-0.4, -0.2) is 5.91 Å². The van der Waals surface area contributed by atoms with Crippen molar-refractivity contribution in [3.8, 4) is 0 Å². The quantitative estimate of drug-likeness (QED) is 0.875. The van der Waals surface area contributed by atoms with Gasteiger partial charge in [0.2, 0.25) is 5.91 Å². The van der Waals surface area contributed by atoms with Gasteiger partial charge >= 0.3 is 0 Å². The number of hydrogen-bond acceptors (Lipinski definition) is 1. The van der Waals surface area contributed by atoms with Crippen molar-refractivity contribution >= 4 is 11.6 Å². The number of carbonyl (C=O) groups excluding carboxylic acids is 1. The van der Waals surface area contributed by atoms with Gasteiger partial charge in [0, 0.05) is 5.69 Å². The summed E-state index contributed by atoms with van der Waals surface area (Å²) in [7, 11) is 0. The van der Waals surface area contributed by atoms with E-state index in [1.54, 1.807) is 0 Å². The van der Waals surface area contributed by atoms with Gasteiger partial charge in [0.1, 0.15) is 0 Å². The van der Waals surface area contributed by atoms with Crippen LogP contribution in [0.1, 0.15) is 30.9 Å². The van der Waals surface area contributed by atoms with E-state index >= 15 is 0 Å². The van der Waals surface area contributed by atoms with Gasteiger partial charge in [-0.1, -0.05) is 61.9 Å². The summed E-state index contributed by atoms with van der Waals surface area (Å²) in [5, 5.41) is 3.01. The van der Waals surface area contributed by atoms with Gasteiger partial charge in [0.05, 0.1) is 5.92 Å². The zero-order valence-electron chi connectivity index (χ0n) is 12.3. The molecule has 20 heavy (non-hydrogen) atoms. The van der Waals surface area contributed by atoms with Crippen LogP contribution < -0.4 is 5.32 Å². The highest BCUT2D eigenvalue weighted by Gasteiger charge is 2.23. The Bertz CT molecular complexity index is 558. The van der Waals surface area contributed by atoms with Crippen LogP contribution in [0.4, 0.5) is 5.69 Å². The zero-order chi connectivity index (χ0) is 14.5. The summed E-state index contributed by atoms with van der Waals surface area (Å²) in [5.74, 6) is 0.176. The van der Waals surface area contributed by atoms with Gasteiger partial charge in [-0.3, -0.25) is 4.79 Å². The van der Waals surface area contributed by atoms with Crippen molar-refractivity contribution in [1.29, 1.82) is 0 Å². The van der Waals surface area contributed by atoms with Crippen LogP contribution in [0, 0.1) is 12.8 Å². The molecule has 2 nitrogen and oxygen atoms in total. The van der Waals surface area contributed by atoms with Gasteiger partial charge in [-0.25, -0.2) is 0 Å². The Balaban J connectivity index is 2.18. The lowest BCUT2D eigenvalue weighted by atomic mass is 9.87. The molecule has 0 saturated carbocycles. The smallest absolute Gasteiger partial charge is 0.232 e. The third-order valence-corrected chi connectivity index (χ3v) is 3.43. The first kappa shape index (κ1) is 14.3. The topological polar surface area (TPSA) is 29.1 Å². The molecule has 104 valence electrons. The zero-order valence-corrected chi connectivity index (χ0v) is 12.3. The molecular formula is C18H21NO. The van der Waals surface area contributed by atoms with Crippen LogP contribution in [0.5, 0.6) is 0 Å². The maximum absolute atomic E-state index is 12.5. The van der Waals surface area contributed by atoms with E-state index in [2.05, 4.69) is 19.2 Å². The molecule has 0 unspecified atom stereocenters. The molecule has 0 fully saturated rings. The van der Waals surface area contributed by atoms with Crippen LogP contribution in [0.25, 0.3) is 0 Å². The fraction of sp³-hybridized carbons (Fsp3) is 0.278. The number of amides is 1. The molecule has 0 spiro atoms. The van der Waals surface area contributed by atoms with Crippen molar-refractivity contribution in [1.82, 2.24) is 0 Å². The lowest BCUT2D eigenvalue weighted by Gasteiger charge is -2.20. The molecule has 2 heteroatoms. The van der Waals surface area contributed by atoms with E-state index in [1.807, 2.05) is 61.5 Å². The number of aryl methyl sites for hydroxylation is 1. The summed E-state index contributed by atoms with van der Waals surface area (Å²) in [6, 6.07) is 17.8. The standard InChI is InChI=1S/C18H21NO/c1-13(2)17(15-7-5-4-6-8-15)18(20)19-16-11-9-14(3)10-12-16/h4-13,17H,1-3H3,(H,19,20)/t17-/m1/s1. The van der Waals surface area contributed by atoms with E-state index in [4.69, 9.17) is 0 Å². The maximum Gasteiger partial charge on any atom is 0.232 e. The molecule has 0 aromatic heterocycles. The Morgan fingerprint density at radius 3 is 2.10 bits per heavy atom. The molecule has 0 heterocycles. The predicted molar refractivity (Wildman–Crippen MR) is 83.8 cm³/mol. The Morgan fingerprint density at radius 2 is 1.55 bits per heavy atom. The third kappa shape index (κ3) is 3.47. The first-order valence-corrected chi connectivity index (χ1v) is 7.00. The molecule has 2 aromatic rings. The van der Waals surface area contributed by atoms with E-state index in [1.165, 1.54) is 5.56 Å². The predicted octanol–water partition coefficient (Wildman–Crippen LogP) is 4.37. The molecular weight excluding hydrogens is 246 g/mol. The summed E-state index contributed by atoms with van der Waals surface area (Å²) in [4.78, 5) is 12.5. The van der Waals surface area contributed by atoms with Gasteiger partial charge in [-0.05, 0) is 30.5 Å². The second-order valence-corrected chi connectivity index (χ2v) is 5.49. The van der Waals surface area contributed by atoms with Gasteiger partial charge < -0.3 is 5.32 Å². The Morgan fingerprint density at radius 1 is 0.950 bits per heavy atom. The molecule has 0 bridgehead atoms. The van der Waals surface area contributed by atoms with Gasteiger partial charge in [-0.15, -0.1) is 0 Å². The minimum absolute atomic E-state index is 0.0510. The van der Waals surface area contributed by atoms with Crippen molar-refractivity contribution in [2.24, 2.45) is 5.92 Å². The van der Waals surface area contributed by atoms with Crippen LogP contribution in [0.15, 0.2) is 54.6 Å². The Kier molecular flexibility index (Phi) is 4.57. The summed E-state index contributed by atoms with van der Waals surface area (Å²) in [6.07, 6.45) is 0. The number of hydrogen-bond donors (Lipinski definition) is 1. The monoisotopic (exact) mass is 267 g/mol. The highest BCUT2D eigenvalue weighted by molar-refractivity contribution is 5.96. The van der Waals surface area contributed by atoms with E-state index in [0.29, 0.717) is 0 Å². The van der Waals surface area contributed by atoms with Crippen LogP contribution in [0.2, 0.25) is 0 Å². The molecule has 1 atom stereocenters. The summed E-state index contributed by atoms with van der Waals surface area (Å²) < 4.78 is 0. The fourth-order valence-corrected chi connectivity index (χ4v) is 2.36. The summed E-state index contributed by atoms with van der Waals surface area (Å²) in [5.41, 5.74) is 3.10. The summed E-state index contributed by atoms with van der Waals surface area (Å²) >= 11 is 0. The average molecular weight is 267 g/mol. The molecule has 1 amide bonds. The largest absolute Gasteiger partial charge is 0.326 e. The third-order valence-electron chi connectivity index (χ3n) is 3.43. The first-order chi connectivity index (χ1) is 9.58.